The van der Waals surface area contributed by atoms with E-state index in [1.807, 2.05) is 19.1 Å². The van der Waals surface area contributed by atoms with Crippen LogP contribution in [-0.2, 0) is 6.42 Å². The van der Waals surface area contributed by atoms with Crippen molar-refractivity contribution >= 4 is 10.8 Å². The van der Waals surface area contributed by atoms with Gasteiger partial charge >= 0.3 is 0 Å². The Balaban J connectivity index is 2.28. The Bertz CT molecular complexity index is 861. The summed E-state index contributed by atoms with van der Waals surface area (Å²) >= 11 is 0. The monoisotopic (exact) mass is 318 g/mol. The number of rotatable bonds is 3. The maximum Gasteiger partial charge on any atom is 0.194 e. The lowest BCUT2D eigenvalue weighted by Crippen LogP contribution is -1.94. The van der Waals surface area contributed by atoms with Crippen LogP contribution in [0.25, 0.3) is 21.9 Å². The molecular weight excluding hydrogens is 304 g/mol. The van der Waals surface area contributed by atoms with Gasteiger partial charge in [0, 0.05) is 5.39 Å². The average molecular weight is 318 g/mol. The smallest absolute Gasteiger partial charge is 0.194 e. The number of halogens is 4. The van der Waals surface area contributed by atoms with Crippen molar-refractivity contribution in [1.29, 1.82) is 0 Å². The molecule has 0 fully saturated rings. The van der Waals surface area contributed by atoms with Gasteiger partial charge in [0.05, 0.1) is 0 Å². The largest absolute Gasteiger partial charge is 0.206 e. The standard InChI is InChI=1S/C19H14F4/c1-2-3-11-4-5-14-15(8-11)13(6-7-16(14)20)12-9-17(21)19(23)18(22)10-12/h4-10H,2-3H2,1H3. The van der Waals surface area contributed by atoms with Gasteiger partial charge < -0.3 is 0 Å². The van der Waals surface area contributed by atoms with Gasteiger partial charge in [0.2, 0.25) is 0 Å². The van der Waals surface area contributed by atoms with Crippen LogP contribution in [0.15, 0.2) is 42.5 Å². The van der Waals surface area contributed by atoms with Gasteiger partial charge in [0.25, 0.3) is 0 Å². The first kappa shape index (κ1) is 15.5. The van der Waals surface area contributed by atoms with Gasteiger partial charge in [-0.25, -0.2) is 17.6 Å². The molecule has 0 saturated carbocycles. The minimum Gasteiger partial charge on any atom is -0.206 e. The Morgan fingerprint density at radius 2 is 1.43 bits per heavy atom. The third-order valence-corrected chi connectivity index (χ3v) is 3.86. The Morgan fingerprint density at radius 3 is 2.09 bits per heavy atom. The van der Waals surface area contributed by atoms with Crippen LogP contribution in [0.1, 0.15) is 18.9 Å². The number of hydrogen-bond donors (Lipinski definition) is 0. The van der Waals surface area contributed by atoms with Gasteiger partial charge in [0.1, 0.15) is 5.82 Å². The van der Waals surface area contributed by atoms with Crippen molar-refractivity contribution in [3.63, 3.8) is 0 Å². The number of hydrogen-bond acceptors (Lipinski definition) is 0. The van der Waals surface area contributed by atoms with Crippen molar-refractivity contribution in [3.05, 3.63) is 71.3 Å². The van der Waals surface area contributed by atoms with Crippen LogP contribution in [0.3, 0.4) is 0 Å². The lowest BCUT2D eigenvalue weighted by molar-refractivity contribution is 0.448. The van der Waals surface area contributed by atoms with Crippen LogP contribution >= 0.6 is 0 Å². The van der Waals surface area contributed by atoms with Gasteiger partial charge in [-0.1, -0.05) is 37.6 Å². The predicted molar refractivity (Wildman–Crippen MR) is 83.2 cm³/mol. The van der Waals surface area contributed by atoms with Gasteiger partial charge in [-0.15, -0.1) is 0 Å². The van der Waals surface area contributed by atoms with E-state index in [1.54, 1.807) is 6.07 Å². The van der Waals surface area contributed by atoms with Gasteiger partial charge in [-0.3, -0.25) is 0 Å². The Hall–Kier alpha value is -2.36. The summed E-state index contributed by atoms with van der Waals surface area (Å²) in [5.74, 6) is -4.44. The van der Waals surface area contributed by atoms with E-state index in [0.29, 0.717) is 16.3 Å². The van der Waals surface area contributed by atoms with Crippen molar-refractivity contribution in [1.82, 2.24) is 0 Å². The zero-order valence-electron chi connectivity index (χ0n) is 12.5. The minimum absolute atomic E-state index is 0.181. The topological polar surface area (TPSA) is 0 Å². The van der Waals surface area contributed by atoms with Crippen LogP contribution in [0, 0.1) is 23.3 Å². The lowest BCUT2D eigenvalue weighted by Gasteiger charge is -2.11. The first-order valence-corrected chi connectivity index (χ1v) is 7.37. The SMILES string of the molecule is CCCc1ccc2c(F)ccc(-c3cc(F)c(F)c(F)c3)c2c1. The van der Waals surface area contributed by atoms with Crippen LogP contribution in [0.2, 0.25) is 0 Å². The first-order valence-electron chi connectivity index (χ1n) is 7.37. The molecule has 118 valence electrons. The number of aryl methyl sites for hydroxylation is 1. The van der Waals surface area contributed by atoms with Crippen LogP contribution in [-0.4, -0.2) is 0 Å². The minimum atomic E-state index is -1.51. The van der Waals surface area contributed by atoms with Gasteiger partial charge in [0.15, 0.2) is 17.5 Å². The molecule has 3 aromatic rings. The van der Waals surface area contributed by atoms with Crippen molar-refractivity contribution in [2.24, 2.45) is 0 Å². The average Bonchev–Trinajstić information content (AvgIpc) is 2.53. The van der Waals surface area contributed by atoms with Gasteiger partial charge in [-0.2, -0.15) is 0 Å². The normalized spacial score (nSPS) is 11.2. The number of benzene rings is 3. The molecule has 3 rings (SSSR count). The first-order chi connectivity index (χ1) is 11.0. The number of fused-ring (bicyclic) bond motifs is 1. The summed E-state index contributed by atoms with van der Waals surface area (Å²) in [4.78, 5) is 0. The lowest BCUT2D eigenvalue weighted by atomic mass is 9.95. The molecule has 0 heterocycles. The fraction of sp³-hybridized carbons (Fsp3) is 0.158. The summed E-state index contributed by atoms with van der Waals surface area (Å²) in [5.41, 5.74) is 1.66. The second-order valence-corrected chi connectivity index (χ2v) is 5.48. The zero-order valence-corrected chi connectivity index (χ0v) is 12.5. The molecule has 23 heavy (non-hydrogen) atoms. The third kappa shape index (κ3) is 2.81. The van der Waals surface area contributed by atoms with Crippen molar-refractivity contribution in [2.75, 3.05) is 0 Å². The second kappa shape index (κ2) is 6.03. The fourth-order valence-corrected chi connectivity index (χ4v) is 2.77. The van der Waals surface area contributed by atoms with E-state index in [0.717, 1.165) is 30.5 Å². The molecule has 0 bridgehead atoms. The Labute approximate surface area is 131 Å². The Morgan fingerprint density at radius 1 is 0.739 bits per heavy atom. The maximum atomic E-state index is 14.0. The van der Waals surface area contributed by atoms with Crippen LogP contribution < -0.4 is 0 Å². The quantitative estimate of drug-likeness (QED) is 0.409. The molecular formula is C19H14F4. The molecule has 4 heteroatoms. The zero-order chi connectivity index (χ0) is 16.6. The highest BCUT2D eigenvalue weighted by molar-refractivity contribution is 5.97. The van der Waals surface area contributed by atoms with E-state index in [2.05, 4.69) is 0 Å². The van der Waals surface area contributed by atoms with Gasteiger partial charge in [-0.05, 0) is 46.7 Å². The molecule has 0 aliphatic rings. The van der Waals surface area contributed by atoms with E-state index in [1.165, 1.54) is 12.1 Å². The third-order valence-electron chi connectivity index (χ3n) is 3.86. The summed E-state index contributed by atoms with van der Waals surface area (Å²) in [7, 11) is 0. The van der Waals surface area contributed by atoms with Crippen molar-refractivity contribution in [2.45, 2.75) is 19.8 Å². The molecule has 0 N–H and O–H groups in total. The molecule has 0 saturated heterocycles. The Kier molecular flexibility index (Phi) is 4.07. The molecule has 0 atom stereocenters. The van der Waals surface area contributed by atoms with E-state index in [9.17, 15) is 17.6 Å². The van der Waals surface area contributed by atoms with Crippen molar-refractivity contribution in [3.8, 4) is 11.1 Å². The molecule has 0 aliphatic carbocycles. The molecule has 0 radical (unpaired) electrons. The molecule has 0 spiro atoms. The highest BCUT2D eigenvalue weighted by Crippen LogP contribution is 2.32. The summed E-state index contributed by atoms with van der Waals surface area (Å²) in [6.07, 6.45) is 1.74. The summed E-state index contributed by atoms with van der Waals surface area (Å²) < 4.78 is 54.2. The van der Waals surface area contributed by atoms with Crippen LogP contribution in [0.4, 0.5) is 17.6 Å². The highest BCUT2D eigenvalue weighted by Gasteiger charge is 2.14. The second-order valence-electron chi connectivity index (χ2n) is 5.48. The fourth-order valence-electron chi connectivity index (χ4n) is 2.77. The predicted octanol–water partition coefficient (Wildman–Crippen LogP) is 6.02. The molecule has 0 nitrogen and oxygen atoms in total. The summed E-state index contributed by atoms with van der Waals surface area (Å²) in [6.45, 7) is 2.03. The summed E-state index contributed by atoms with van der Waals surface area (Å²) in [5, 5.41) is 0.925. The molecule has 0 unspecified atom stereocenters. The van der Waals surface area contributed by atoms with Crippen LogP contribution in [0.5, 0.6) is 0 Å². The molecule has 3 aromatic carbocycles. The molecule has 0 amide bonds. The van der Waals surface area contributed by atoms with E-state index < -0.39 is 23.3 Å². The summed E-state index contributed by atoms with van der Waals surface area (Å²) in [6, 6.07) is 9.88. The maximum absolute atomic E-state index is 14.0. The molecule has 0 aliphatic heterocycles. The highest BCUT2D eigenvalue weighted by atomic mass is 19.2. The van der Waals surface area contributed by atoms with E-state index in [4.69, 9.17) is 0 Å². The van der Waals surface area contributed by atoms with E-state index >= 15 is 0 Å². The van der Waals surface area contributed by atoms with Crippen molar-refractivity contribution < 1.29 is 17.6 Å². The molecule has 0 aromatic heterocycles. The van der Waals surface area contributed by atoms with E-state index in [-0.39, 0.29) is 5.56 Å².